The van der Waals surface area contributed by atoms with E-state index in [-0.39, 0.29) is 5.91 Å². The van der Waals surface area contributed by atoms with Crippen molar-refractivity contribution in [2.75, 3.05) is 25.5 Å². The molecule has 34 heavy (non-hydrogen) atoms. The summed E-state index contributed by atoms with van der Waals surface area (Å²) in [5.41, 5.74) is 3.40. The van der Waals surface area contributed by atoms with Crippen LogP contribution in [0.4, 0.5) is 5.82 Å². The molecule has 0 radical (unpaired) electrons. The normalized spacial score (nSPS) is 12.4. The lowest BCUT2D eigenvalue weighted by molar-refractivity contribution is -0.111. The van der Waals surface area contributed by atoms with Gasteiger partial charge in [0.2, 0.25) is 5.91 Å². The first kappa shape index (κ1) is 27.8. The summed E-state index contributed by atoms with van der Waals surface area (Å²) < 4.78 is 0. The molecule has 0 aliphatic rings. The summed E-state index contributed by atoms with van der Waals surface area (Å²) in [6, 6.07) is 11.8. The number of rotatable bonds is 14. The molecule has 0 spiro atoms. The van der Waals surface area contributed by atoms with Gasteiger partial charge in [-0.2, -0.15) is 0 Å². The molecule has 0 aliphatic heterocycles. The molecule has 0 aliphatic carbocycles. The number of allylic oxidation sites excluding steroid dienone is 1. The van der Waals surface area contributed by atoms with E-state index in [1.807, 2.05) is 42.5 Å². The van der Waals surface area contributed by atoms with Crippen molar-refractivity contribution in [3.05, 3.63) is 83.0 Å². The molecule has 0 fully saturated rings. The molecule has 0 saturated carbocycles. The molecular formula is C29H40ClN3O. The van der Waals surface area contributed by atoms with Crippen molar-refractivity contribution >= 4 is 23.3 Å². The van der Waals surface area contributed by atoms with Gasteiger partial charge in [0, 0.05) is 23.7 Å². The average Bonchev–Trinajstić information content (AvgIpc) is 2.78. The van der Waals surface area contributed by atoms with E-state index in [4.69, 9.17) is 11.6 Å². The van der Waals surface area contributed by atoms with Crippen molar-refractivity contribution in [3.8, 4) is 0 Å². The van der Waals surface area contributed by atoms with Gasteiger partial charge < -0.3 is 10.2 Å². The van der Waals surface area contributed by atoms with Crippen molar-refractivity contribution in [1.82, 2.24) is 9.88 Å². The smallest absolute Gasteiger partial charge is 0.249 e. The van der Waals surface area contributed by atoms with Gasteiger partial charge in [-0.25, -0.2) is 4.98 Å². The Morgan fingerprint density at radius 3 is 2.74 bits per heavy atom. The Morgan fingerprint density at radius 1 is 1.24 bits per heavy atom. The number of anilines is 1. The zero-order chi connectivity index (χ0) is 24.9. The van der Waals surface area contributed by atoms with Crippen LogP contribution in [-0.2, 0) is 17.6 Å². The second-order valence-corrected chi connectivity index (χ2v) is 9.86. The monoisotopic (exact) mass is 481 g/mol. The maximum Gasteiger partial charge on any atom is 0.249 e. The summed E-state index contributed by atoms with van der Waals surface area (Å²) in [6.07, 6.45) is 10.2. The van der Waals surface area contributed by atoms with Crippen LogP contribution in [0.1, 0.15) is 56.9 Å². The number of amides is 1. The predicted octanol–water partition coefficient (Wildman–Crippen LogP) is 6.94. The SMILES string of the molecule is C=CC(C/C=C/C(=O)Nc1cccc(Cc2cc(Cl)ccc2CCC(C)C)n1)CN(C)CCC. The van der Waals surface area contributed by atoms with Crippen LogP contribution in [-0.4, -0.2) is 35.9 Å². The molecule has 0 saturated heterocycles. The maximum absolute atomic E-state index is 12.4. The van der Waals surface area contributed by atoms with Gasteiger partial charge in [0.1, 0.15) is 5.82 Å². The number of benzene rings is 1. The number of pyridine rings is 1. The molecule has 1 amide bonds. The van der Waals surface area contributed by atoms with Gasteiger partial charge in [0.15, 0.2) is 0 Å². The fourth-order valence-electron chi connectivity index (χ4n) is 3.93. The maximum atomic E-state index is 12.4. The molecule has 5 heteroatoms. The van der Waals surface area contributed by atoms with E-state index < -0.39 is 0 Å². The van der Waals surface area contributed by atoms with Crippen LogP contribution in [0.15, 0.2) is 61.2 Å². The van der Waals surface area contributed by atoms with Crippen LogP contribution >= 0.6 is 11.6 Å². The van der Waals surface area contributed by atoms with Gasteiger partial charge in [-0.15, -0.1) is 6.58 Å². The molecular weight excluding hydrogens is 442 g/mol. The molecule has 2 aromatic rings. The van der Waals surface area contributed by atoms with Gasteiger partial charge in [0.25, 0.3) is 0 Å². The fourth-order valence-corrected chi connectivity index (χ4v) is 4.12. The summed E-state index contributed by atoms with van der Waals surface area (Å²) >= 11 is 6.28. The summed E-state index contributed by atoms with van der Waals surface area (Å²) in [7, 11) is 2.12. The van der Waals surface area contributed by atoms with Gasteiger partial charge in [-0.05, 0) is 92.6 Å². The summed E-state index contributed by atoms with van der Waals surface area (Å²) in [5.74, 6) is 1.35. The Balaban J connectivity index is 1.98. The molecule has 1 N–H and O–H groups in total. The van der Waals surface area contributed by atoms with Crippen molar-refractivity contribution in [1.29, 1.82) is 0 Å². The van der Waals surface area contributed by atoms with Crippen molar-refractivity contribution in [2.45, 2.75) is 52.9 Å². The van der Waals surface area contributed by atoms with Crippen LogP contribution in [0.25, 0.3) is 0 Å². The minimum Gasteiger partial charge on any atom is -0.307 e. The largest absolute Gasteiger partial charge is 0.307 e. The first-order valence-corrected chi connectivity index (χ1v) is 12.7. The first-order valence-electron chi connectivity index (χ1n) is 12.3. The van der Waals surface area contributed by atoms with Gasteiger partial charge >= 0.3 is 0 Å². The second kappa shape index (κ2) is 14.7. The number of hydrogen-bond donors (Lipinski definition) is 1. The molecule has 1 unspecified atom stereocenters. The number of nitrogens with one attached hydrogen (secondary N) is 1. The molecule has 1 heterocycles. The van der Waals surface area contributed by atoms with Crippen molar-refractivity contribution < 1.29 is 4.79 Å². The van der Waals surface area contributed by atoms with Crippen LogP contribution in [0.2, 0.25) is 5.02 Å². The van der Waals surface area contributed by atoms with E-state index in [9.17, 15) is 4.79 Å². The van der Waals surface area contributed by atoms with Crippen LogP contribution in [0.3, 0.4) is 0 Å². The molecule has 1 aromatic heterocycles. The highest BCUT2D eigenvalue weighted by Gasteiger charge is 2.09. The van der Waals surface area contributed by atoms with E-state index in [1.165, 1.54) is 11.1 Å². The average molecular weight is 482 g/mol. The number of hydrogen-bond acceptors (Lipinski definition) is 3. The Labute approximate surface area is 211 Å². The Kier molecular flexibility index (Phi) is 12.1. The first-order chi connectivity index (χ1) is 16.3. The predicted molar refractivity (Wildman–Crippen MR) is 146 cm³/mol. The minimum atomic E-state index is -0.172. The number of nitrogens with zero attached hydrogens (tertiary/aromatic N) is 2. The lowest BCUT2D eigenvalue weighted by Crippen LogP contribution is -2.25. The van der Waals surface area contributed by atoms with E-state index >= 15 is 0 Å². The third kappa shape index (κ3) is 10.2. The highest BCUT2D eigenvalue weighted by Crippen LogP contribution is 2.22. The van der Waals surface area contributed by atoms with Crippen molar-refractivity contribution in [3.63, 3.8) is 0 Å². The summed E-state index contributed by atoms with van der Waals surface area (Å²) in [6.45, 7) is 12.6. The molecule has 0 bridgehead atoms. The summed E-state index contributed by atoms with van der Waals surface area (Å²) in [5, 5.41) is 3.62. The molecule has 2 rings (SSSR count). The third-order valence-corrected chi connectivity index (χ3v) is 6.02. The lowest BCUT2D eigenvalue weighted by Gasteiger charge is -2.20. The number of aryl methyl sites for hydroxylation is 1. The molecule has 1 aromatic carbocycles. The van der Waals surface area contributed by atoms with Gasteiger partial charge in [0.05, 0.1) is 0 Å². The van der Waals surface area contributed by atoms with E-state index in [0.717, 1.165) is 49.5 Å². The minimum absolute atomic E-state index is 0.172. The highest BCUT2D eigenvalue weighted by atomic mass is 35.5. The fraction of sp³-hybridized carbons (Fsp3) is 0.448. The Bertz CT molecular complexity index is 954. The quantitative estimate of drug-likeness (QED) is 0.234. The number of carbonyl (C=O) groups is 1. The van der Waals surface area contributed by atoms with Gasteiger partial charge in [-0.1, -0.05) is 56.7 Å². The molecule has 1 atom stereocenters. The molecule has 184 valence electrons. The number of halogens is 1. The zero-order valence-electron chi connectivity index (χ0n) is 21.2. The standard InChI is InChI=1S/C29H40ClN3O/c1-6-18-33(5)21-23(7-2)10-8-13-29(34)32-28-12-9-11-27(31-28)20-25-19-26(30)17-16-24(25)15-14-22(3)4/h7-9,11-13,16-17,19,22-23H,2,6,10,14-15,18,20-21H2,1,3-5H3,(H,31,32,34)/b13-8+. The second-order valence-electron chi connectivity index (χ2n) is 9.42. The zero-order valence-corrected chi connectivity index (χ0v) is 21.9. The Hall–Kier alpha value is -2.43. The van der Waals surface area contributed by atoms with Crippen LogP contribution < -0.4 is 5.32 Å². The van der Waals surface area contributed by atoms with Gasteiger partial charge in [-0.3, -0.25) is 4.79 Å². The number of carbonyl (C=O) groups excluding carboxylic acids is 1. The third-order valence-electron chi connectivity index (χ3n) is 5.78. The summed E-state index contributed by atoms with van der Waals surface area (Å²) in [4.78, 5) is 19.4. The van der Waals surface area contributed by atoms with E-state index in [0.29, 0.717) is 24.1 Å². The van der Waals surface area contributed by atoms with E-state index in [1.54, 1.807) is 6.08 Å². The molecule has 4 nitrogen and oxygen atoms in total. The topological polar surface area (TPSA) is 45.2 Å². The van der Waals surface area contributed by atoms with Crippen LogP contribution in [0, 0.1) is 11.8 Å². The van der Waals surface area contributed by atoms with E-state index in [2.05, 4.69) is 55.7 Å². The Morgan fingerprint density at radius 2 is 2.03 bits per heavy atom. The lowest BCUT2D eigenvalue weighted by atomic mass is 9.96. The highest BCUT2D eigenvalue weighted by molar-refractivity contribution is 6.30. The number of aromatic nitrogens is 1. The van der Waals surface area contributed by atoms with Crippen molar-refractivity contribution in [2.24, 2.45) is 11.8 Å². The van der Waals surface area contributed by atoms with Crippen LogP contribution in [0.5, 0.6) is 0 Å².